The van der Waals surface area contributed by atoms with Crippen molar-refractivity contribution in [3.05, 3.63) is 27.9 Å². The first-order chi connectivity index (χ1) is 14.0. The monoisotopic (exact) mass is 407 g/mol. The van der Waals surface area contributed by atoms with Crippen molar-refractivity contribution in [3.63, 3.8) is 0 Å². The number of aromatic nitrogens is 2. The van der Waals surface area contributed by atoms with Gasteiger partial charge in [-0.15, -0.1) is 0 Å². The van der Waals surface area contributed by atoms with Gasteiger partial charge in [-0.05, 0) is 32.6 Å². The summed E-state index contributed by atoms with van der Waals surface area (Å²) >= 11 is 0. The van der Waals surface area contributed by atoms with Crippen LogP contribution in [0.25, 0.3) is 0 Å². The summed E-state index contributed by atoms with van der Waals surface area (Å²) in [5, 5.41) is 5.77. The topological polar surface area (TPSA) is 126 Å². The molecule has 160 valence electrons. The van der Waals surface area contributed by atoms with Crippen LogP contribution in [-0.2, 0) is 20.7 Å². The second kappa shape index (κ2) is 9.84. The number of nitrogens with one attached hydrogen (secondary N) is 3. The molecule has 0 aromatic carbocycles. The molecule has 0 bridgehead atoms. The average Bonchev–Trinajstić information content (AvgIpc) is 3.57. The number of hydrogen-bond donors (Lipinski definition) is 3. The van der Waals surface area contributed by atoms with Crippen molar-refractivity contribution in [1.29, 1.82) is 0 Å². The maximum Gasteiger partial charge on any atom is 0.406 e. The molecule has 2 amide bonds. The molecule has 29 heavy (non-hydrogen) atoms. The van der Waals surface area contributed by atoms with Gasteiger partial charge in [-0.1, -0.05) is 0 Å². The van der Waals surface area contributed by atoms with Crippen LogP contribution in [0.2, 0.25) is 0 Å². The summed E-state index contributed by atoms with van der Waals surface area (Å²) in [7, 11) is 1.30. The predicted octanol–water partition coefficient (Wildman–Crippen LogP) is 0.0989. The van der Waals surface area contributed by atoms with Gasteiger partial charge in [0.1, 0.15) is 11.8 Å². The normalized spacial score (nSPS) is 20.0. The van der Waals surface area contributed by atoms with E-state index in [1.807, 2.05) is 11.8 Å². The number of alkyl carbamates (subject to hydrolysis) is 1. The van der Waals surface area contributed by atoms with Crippen LogP contribution in [0.1, 0.15) is 43.6 Å². The maximum absolute atomic E-state index is 13.1. The Bertz CT molecular complexity index is 772. The second-order valence-corrected chi connectivity index (χ2v) is 7.34. The van der Waals surface area contributed by atoms with E-state index in [-0.39, 0.29) is 23.6 Å². The molecule has 0 spiro atoms. The zero-order valence-corrected chi connectivity index (χ0v) is 16.9. The van der Waals surface area contributed by atoms with Crippen molar-refractivity contribution in [1.82, 2.24) is 25.5 Å². The Morgan fingerprint density at radius 1 is 1.45 bits per heavy atom. The van der Waals surface area contributed by atoms with Crippen LogP contribution >= 0.6 is 0 Å². The Labute approximate surface area is 169 Å². The number of hydrogen-bond acceptors (Lipinski definition) is 7. The first-order valence-corrected chi connectivity index (χ1v) is 10.1. The Kier molecular flexibility index (Phi) is 7.21. The van der Waals surface area contributed by atoms with Crippen LogP contribution in [-0.4, -0.2) is 72.4 Å². The third kappa shape index (κ3) is 5.54. The van der Waals surface area contributed by atoms with Gasteiger partial charge in [0.2, 0.25) is 0 Å². The Balaban J connectivity index is 1.68. The van der Waals surface area contributed by atoms with Gasteiger partial charge in [0.15, 0.2) is 0 Å². The van der Waals surface area contributed by atoms with Gasteiger partial charge in [-0.2, -0.15) is 0 Å². The van der Waals surface area contributed by atoms with Crippen molar-refractivity contribution in [2.75, 3.05) is 33.4 Å². The highest BCUT2D eigenvalue weighted by Crippen LogP contribution is 2.34. The quantitative estimate of drug-likeness (QED) is 0.522. The molecule has 1 aromatic rings. The zero-order valence-electron chi connectivity index (χ0n) is 16.9. The smallest absolute Gasteiger partial charge is 0.406 e. The van der Waals surface area contributed by atoms with Crippen molar-refractivity contribution in [2.45, 2.75) is 50.8 Å². The number of amides is 2. The summed E-state index contributed by atoms with van der Waals surface area (Å²) in [5.41, 5.74) is 0.771. The number of ether oxygens (including phenoxy) is 2. The number of morpholine rings is 1. The summed E-state index contributed by atoms with van der Waals surface area (Å²) in [6.45, 7) is 4.08. The van der Waals surface area contributed by atoms with Crippen LogP contribution < -0.4 is 16.2 Å². The molecule has 0 unspecified atom stereocenters. The molecule has 10 heteroatoms. The fourth-order valence-electron chi connectivity index (χ4n) is 3.44. The van der Waals surface area contributed by atoms with Gasteiger partial charge >= 0.3 is 6.09 Å². The van der Waals surface area contributed by atoms with Crippen molar-refractivity contribution >= 4 is 12.0 Å². The number of aromatic amines is 1. The molecular weight excluding hydrogens is 378 g/mol. The average molecular weight is 407 g/mol. The van der Waals surface area contributed by atoms with E-state index in [4.69, 9.17) is 4.74 Å². The van der Waals surface area contributed by atoms with E-state index < -0.39 is 12.2 Å². The minimum absolute atomic E-state index is 0.0379. The summed E-state index contributed by atoms with van der Waals surface area (Å²) in [6, 6.07) is -0.0891. The standard InChI is InChI=1S/C19H29N5O5/c1-12(24(13-5-6-13)18(26)16-11-20-8-9-29-16)15-10-22-17(25)14(23-15)4-3-7-21-19(27)28-2/h10,12-13,16,20H,3-9,11H2,1-2H3,(H,21,27)(H,22,25)/t12-,16-/m1/s1. The lowest BCUT2D eigenvalue weighted by Crippen LogP contribution is -2.50. The molecule has 2 aliphatic rings. The minimum Gasteiger partial charge on any atom is -0.453 e. The van der Waals surface area contributed by atoms with Crippen molar-refractivity contribution in [3.8, 4) is 0 Å². The molecule has 1 aliphatic carbocycles. The molecule has 1 saturated heterocycles. The highest BCUT2D eigenvalue weighted by molar-refractivity contribution is 5.82. The van der Waals surface area contributed by atoms with Crippen molar-refractivity contribution in [2.24, 2.45) is 0 Å². The second-order valence-electron chi connectivity index (χ2n) is 7.34. The van der Waals surface area contributed by atoms with E-state index in [2.05, 4.69) is 25.3 Å². The van der Waals surface area contributed by atoms with Crippen molar-refractivity contribution < 1.29 is 19.1 Å². The number of rotatable bonds is 8. The molecule has 10 nitrogen and oxygen atoms in total. The van der Waals surface area contributed by atoms with Gasteiger partial charge in [0, 0.05) is 31.9 Å². The fourth-order valence-corrected chi connectivity index (χ4v) is 3.44. The number of aryl methyl sites for hydroxylation is 1. The van der Waals surface area contributed by atoms with E-state index in [1.54, 1.807) is 6.20 Å². The molecule has 3 N–H and O–H groups in total. The van der Waals surface area contributed by atoms with E-state index in [1.165, 1.54) is 7.11 Å². The zero-order chi connectivity index (χ0) is 20.8. The lowest BCUT2D eigenvalue weighted by molar-refractivity contribution is -0.148. The van der Waals surface area contributed by atoms with Gasteiger partial charge in [-0.25, -0.2) is 9.78 Å². The Morgan fingerprint density at radius 3 is 2.90 bits per heavy atom. The number of methoxy groups -OCH3 is 1. The van der Waals surface area contributed by atoms with E-state index in [9.17, 15) is 14.4 Å². The van der Waals surface area contributed by atoms with Crippen LogP contribution in [0, 0.1) is 0 Å². The lowest BCUT2D eigenvalue weighted by Gasteiger charge is -2.33. The number of carbonyl (C=O) groups excluding carboxylic acids is 2. The number of carbonyl (C=O) groups is 2. The Hall–Kier alpha value is -2.46. The molecule has 3 rings (SSSR count). The SMILES string of the molecule is COC(=O)NCCCc1nc([C@@H](C)N(C(=O)[C@H]2CNCCO2)C2CC2)c[nH]c1=O. The van der Waals surface area contributed by atoms with Crippen LogP contribution in [0.3, 0.4) is 0 Å². The minimum atomic E-state index is -0.507. The third-order valence-electron chi connectivity index (χ3n) is 5.17. The van der Waals surface area contributed by atoms with Gasteiger partial charge in [0.25, 0.3) is 11.5 Å². The highest BCUT2D eigenvalue weighted by Gasteiger charge is 2.40. The summed E-state index contributed by atoms with van der Waals surface area (Å²) in [4.78, 5) is 45.4. The third-order valence-corrected chi connectivity index (χ3v) is 5.17. The van der Waals surface area contributed by atoms with Crippen LogP contribution in [0.4, 0.5) is 4.79 Å². The maximum atomic E-state index is 13.1. The first-order valence-electron chi connectivity index (χ1n) is 10.1. The lowest BCUT2D eigenvalue weighted by atomic mass is 10.1. The highest BCUT2D eigenvalue weighted by atomic mass is 16.5. The van der Waals surface area contributed by atoms with Gasteiger partial charge in [0.05, 0.1) is 25.5 Å². The number of nitrogens with zero attached hydrogens (tertiary/aromatic N) is 2. The number of H-pyrrole nitrogens is 1. The van der Waals surface area contributed by atoms with Crippen LogP contribution in [0.5, 0.6) is 0 Å². The summed E-state index contributed by atoms with van der Waals surface area (Å²) in [5.74, 6) is -0.0379. The fraction of sp³-hybridized carbons (Fsp3) is 0.684. The molecule has 1 saturated carbocycles. The van der Waals surface area contributed by atoms with E-state index >= 15 is 0 Å². The predicted molar refractivity (Wildman–Crippen MR) is 104 cm³/mol. The molecule has 2 heterocycles. The van der Waals surface area contributed by atoms with E-state index in [0.29, 0.717) is 43.9 Å². The van der Waals surface area contributed by atoms with E-state index in [0.717, 1.165) is 19.4 Å². The molecule has 1 aromatic heterocycles. The summed E-state index contributed by atoms with van der Waals surface area (Å²) < 4.78 is 10.2. The largest absolute Gasteiger partial charge is 0.453 e. The summed E-state index contributed by atoms with van der Waals surface area (Å²) in [6.07, 6.45) is 3.47. The molecule has 1 aliphatic heterocycles. The molecule has 2 atom stereocenters. The van der Waals surface area contributed by atoms with Gasteiger partial charge in [-0.3, -0.25) is 9.59 Å². The van der Waals surface area contributed by atoms with Gasteiger partial charge < -0.3 is 30.0 Å². The Morgan fingerprint density at radius 2 is 2.24 bits per heavy atom. The first kappa shape index (κ1) is 21.3. The molecule has 2 fully saturated rings. The molecule has 0 radical (unpaired) electrons. The van der Waals surface area contributed by atoms with Crippen LogP contribution in [0.15, 0.2) is 11.0 Å². The molecular formula is C19H29N5O5.